The van der Waals surface area contributed by atoms with Crippen LogP contribution in [-0.4, -0.2) is 65.0 Å². The molecule has 2 aliphatic heterocycles. The number of amides is 3. The fourth-order valence-corrected chi connectivity index (χ4v) is 2.96. The summed E-state index contributed by atoms with van der Waals surface area (Å²) in [4.78, 5) is 40.6. The number of hydrogen-bond acceptors (Lipinski definition) is 5. The van der Waals surface area contributed by atoms with Gasteiger partial charge in [-0.25, -0.2) is 9.37 Å². The lowest BCUT2D eigenvalue weighted by Gasteiger charge is -2.18. The zero-order valence-corrected chi connectivity index (χ0v) is 13.0. The number of carbonyl (C=O) groups is 3. The number of imidazole rings is 1. The molecule has 10 heteroatoms. The van der Waals surface area contributed by atoms with Gasteiger partial charge in [0, 0.05) is 26.2 Å². The van der Waals surface area contributed by atoms with Crippen LogP contribution < -0.4 is 16.0 Å². The normalized spacial score (nSPS) is 20.4. The van der Waals surface area contributed by atoms with Crippen molar-refractivity contribution < 1.29 is 18.8 Å². The molecule has 3 heterocycles. The minimum Gasteiger partial charge on any atom is -0.349 e. The summed E-state index contributed by atoms with van der Waals surface area (Å²) >= 11 is 0. The van der Waals surface area contributed by atoms with Gasteiger partial charge in [-0.3, -0.25) is 19.3 Å². The Hall–Kier alpha value is -2.49. The van der Waals surface area contributed by atoms with Crippen LogP contribution in [0.3, 0.4) is 0 Å². The molecule has 130 valence electrons. The third-order valence-corrected chi connectivity index (χ3v) is 4.15. The van der Waals surface area contributed by atoms with Gasteiger partial charge in [-0.2, -0.15) is 0 Å². The second kappa shape index (κ2) is 6.95. The van der Waals surface area contributed by atoms with Gasteiger partial charge in [0.15, 0.2) is 5.82 Å². The molecule has 3 rings (SSSR count). The minimum absolute atomic E-state index is 0.0265. The Balaban J connectivity index is 1.65. The van der Waals surface area contributed by atoms with Crippen LogP contribution in [0, 0.1) is 0 Å². The minimum atomic E-state index is -0.796. The lowest BCUT2D eigenvalue weighted by molar-refractivity contribution is -0.122. The van der Waals surface area contributed by atoms with Gasteiger partial charge in [0.05, 0.1) is 12.2 Å². The van der Waals surface area contributed by atoms with Gasteiger partial charge in [-0.15, -0.1) is 0 Å². The molecule has 0 bridgehead atoms. The van der Waals surface area contributed by atoms with Gasteiger partial charge in [-0.1, -0.05) is 0 Å². The van der Waals surface area contributed by atoms with Gasteiger partial charge in [0.25, 0.3) is 5.91 Å². The summed E-state index contributed by atoms with van der Waals surface area (Å²) in [6, 6.07) is 0. The first-order valence-corrected chi connectivity index (χ1v) is 7.79. The fourth-order valence-electron chi connectivity index (χ4n) is 2.96. The van der Waals surface area contributed by atoms with Crippen LogP contribution in [0.5, 0.6) is 0 Å². The molecular weight excluding hydrogens is 319 g/mol. The molecule has 0 spiro atoms. The lowest BCUT2D eigenvalue weighted by atomic mass is 10.3. The summed E-state index contributed by atoms with van der Waals surface area (Å²) in [5, 5.41) is 7.81. The maximum atomic E-state index is 13.1. The molecular formula is C14H19FN6O3. The maximum absolute atomic E-state index is 13.1. The van der Waals surface area contributed by atoms with Crippen molar-refractivity contribution in [2.24, 2.45) is 0 Å². The van der Waals surface area contributed by atoms with Crippen molar-refractivity contribution in [1.82, 2.24) is 25.1 Å². The highest BCUT2D eigenvalue weighted by molar-refractivity contribution is 5.93. The van der Waals surface area contributed by atoms with Crippen molar-refractivity contribution >= 4 is 24.0 Å². The first kappa shape index (κ1) is 16.4. The van der Waals surface area contributed by atoms with E-state index < -0.39 is 12.1 Å². The summed E-state index contributed by atoms with van der Waals surface area (Å²) in [5.74, 6) is -0.317. The van der Waals surface area contributed by atoms with Crippen LogP contribution in [-0.2, 0) is 22.7 Å². The standard InChI is InChI=1S/C14H19FN6O3/c15-9-1-3-20(6-9)4-2-16-14(24)13-19-12(18-8-22)10-5-17-11(23)7-21(10)13/h8-9H,1-7H2,(H,16,24)(H,17,23)(H,18,22). The summed E-state index contributed by atoms with van der Waals surface area (Å²) in [6.45, 7) is 2.16. The number of nitrogens with zero attached hydrogens (tertiary/aromatic N) is 3. The molecule has 3 amide bonds. The number of halogens is 1. The zero-order chi connectivity index (χ0) is 17.1. The van der Waals surface area contributed by atoms with Crippen molar-refractivity contribution in [3.05, 3.63) is 11.5 Å². The van der Waals surface area contributed by atoms with E-state index in [4.69, 9.17) is 0 Å². The number of carbonyl (C=O) groups excluding carboxylic acids is 3. The van der Waals surface area contributed by atoms with E-state index >= 15 is 0 Å². The third kappa shape index (κ3) is 3.37. The van der Waals surface area contributed by atoms with Gasteiger partial charge in [0.1, 0.15) is 12.7 Å². The van der Waals surface area contributed by atoms with Crippen molar-refractivity contribution in [2.45, 2.75) is 25.7 Å². The Labute approximate surface area is 137 Å². The molecule has 0 aliphatic carbocycles. The first-order chi connectivity index (χ1) is 11.6. The molecule has 1 atom stereocenters. The summed E-state index contributed by atoms with van der Waals surface area (Å²) < 4.78 is 14.6. The van der Waals surface area contributed by atoms with E-state index in [9.17, 15) is 18.8 Å². The topological polar surface area (TPSA) is 108 Å². The number of rotatable bonds is 6. The number of hydrogen-bond donors (Lipinski definition) is 3. The van der Waals surface area contributed by atoms with E-state index in [-0.39, 0.29) is 30.6 Å². The molecule has 0 radical (unpaired) electrons. The van der Waals surface area contributed by atoms with E-state index in [1.165, 1.54) is 4.57 Å². The van der Waals surface area contributed by atoms with Crippen molar-refractivity contribution in [3.63, 3.8) is 0 Å². The average Bonchev–Trinajstić information content (AvgIpc) is 3.11. The monoisotopic (exact) mass is 338 g/mol. The molecule has 24 heavy (non-hydrogen) atoms. The van der Waals surface area contributed by atoms with Crippen LogP contribution in [0.1, 0.15) is 22.7 Å². The van der Waals surface area contributed by atoms with Gasteiger partial charge in [-0.05, 0) is 6.42 Å². The van der Waals surface area contributed by atoms with Crippen LogP contribution in [0.4, 0.5) is 10.2 Å². The second-order valence-corrected chi connectivity index (χ2v) is 5.80. The molecule has 1 saturated heterocycles. The smallest absolute Gasteiger partial charge is 0.287 e. The molecule has 1 unspecified atom stereocenters. The average molecular weight is 338 g/mol. The number of alkyl halides is 1. The number of fused-ring (bicyclic) bond motifs is 1. The number of nitrogens with one attached hydrogen (secondary N) is 3. The Morgan fingerprint density at radius 2 is 2.33 bits per heavy atom. The summed E-state index contributed by atoms with van der Waals surface area (Å²) in [5.41, 5.74) is 0.576. The van der Waals surface area contributed by atoms with E-state index in [2.05, 4.69) is 20.9 Å². The van der Waals surface area contributed by atoms with Crippen LogP contribution in [0.15, 0.2) is 0 Å². The molecule has 3 N–H and O–H groups in total. The van der Waals surface area contributed by atoms with E-state index in [1.807, 2.05) is 4.90 Å². The predicted octanol–water partition coefficient (Wildman–Crippen LogP) is -1.15. The molecule has 1 aromatic rings. The molecule has 0 saturated carbocycles. The zero-order valence-electron chi connectivity index (χ0n) is 13.0. The highest BCUT2D eigenvalue weighted by Gasteiger charge is 2.27. The largest absolute Gasteiger partial charge is 0.349 e. The SMILES string of the molecule is O=CNc1nc(C(=O)NCCN2CCC(F)C2)n2c1CNC(=O)C2. The van der Waals surface area contributed by atoms with Crippen molar-refractivity contribution in [1.29, 1.82) is 0 Å². The van der Waals surface area contributed by atoms with Crippen LogP contribution in [0.25, 0.3) is 0 Å². The van der Waals surface area contributed by atoms with Gasteiger partial charge in [0.2, 0.25) is 18.1 Å². The number of aromatic nitrogens is 2. The second-order valence-electron chi connectivity index (χ2n) is 5.80. The third-order valence-electron chi connectivity index (χ3n) is 4.15. The fraction of sp³-hybridized carbons (Fsp3) is 0.571. The number of likely N-dealkylation sites (tertiary alicyclic amines) is 1. The first-order valence-electron chi connectivity index (χ1n) is 7.79. The molecule has 1 aromatic heterocycles. The highest BCUT2D eigenvalue weighted by atomic mass is 19.1. The van der Waals surface area contributed by atoms with Crippen LogP contribution in [0.2, 0.25) is 0 Å². The quantitative estimate of drug-likeness (QED) is 0.568. The highest BCUT2D eigenvalue weighted by Crippen LogP contribution is 2.19. The number of anilines is 1. The van der Waals surface area contributed by atoms with Gasteiger partial charge >= 0.3 is 0 Å². The van der Waals surface area contributed by atoms with E-state index in [0.29, 0.717) is 44.7 Å². The molecule has 2 aliphatic rings. The Kier molecular flexibility index (Phi) is 4.74. The van der Waals surface area contributed by atoms with Gasteiger partial charge < -0.3 is 20.5 Å². The predicted molar refractivity (Wildman–Crippen MR) is 82.0 cm³/mol. The molecule has 9 nitrogen and oxygen atoms in total. The molecule has 1 fully saturated rings. The van der Waals surface area contributed by atoms with E-state index in [1.54, 1.807) is 0 Å². The summed E-state index contributed by atoms with van der Waals surface area (Å²) in [6.07, 6.45) is 0.204. The van der Waals surface area contributed by atoms with Crippen molar-refractivity contribution in [2.75, 3.05) is 31.5 Å². The Morgan fingerprint density at radius 1 is 1.50 bits per heavy atom. The Bertz CT molecular complexity index is 661. The lowest BCUT2D eigenvalue weighted by Crippen LogP contribution is -2.38. The van der Waals surface area contributed by atoms with Crippen LogP contribution >= 0.6 is 0 Å². The maximum Gasteiger partial charge on any atom is 0.287 e. The summed E-state index contributed by atoms with van der Waals surface area (Å²) in [7, 11) is 0. The van der Waals surface area contributed by atoms with Crippen molar-refractivity contribution in [3.8, 4) is 0 Å². The Morgan fingerprint density at radius 3 is 3.04 bits per heavy atom. The van der Waals surface area contributed by atoms with E-state index in [0.717, 1.165) is 0 Å². The molecule has 0 aromatic carbocycles.